The van der Waals surface area contributed by atoms with Gasteiger partial charge in [0.1, 0.15) is 0 Å². The van der Waals surface area contributed by atoms with Gasteiger partial charge in [-0.05, 0) is 53.6 Å². The van der Waals surface area contributed by atoms with Crippen LogP contribution >= 0.6 is 15.9 Å². The van der Waals surface area contributed by atoms with Crippen molar-refractivity contribution >= 4 is 21.6 Å². The summed E-state index contributed by atoms with van der Waals surface area (Å²) in [6.07, 6.45) is 0. The van der Waals surface area contributed by atoms with Crippen LogP contribution in [0.5, 0.6) is 0 Å². The van der Waals surface area contributed by atoms with E-state index in [4.69, 9.17) is 5.73 Å². The summed E-state index contributed by atoms with van der Waals surface area (Å²) < 4.78 is 2.72. The SMILES string of the molecule is Cc1ccc(Br)cc1-n1nnnc1-c1cccc(N)c1C. The molecule has 0 radical (unpaired) electrons. The molecule has 3 aromatic rings. The second-order valence-electron chi connectivity index (χ2n) is 4.86. The predicted molar refractivity (Wildman–Crippen MR) is 86.2 cm³/mol. The van der Waals surface area contributed by atoms with Crippen molar-refractivity contribution in [1.29, 1.82) is 0 Å². The first-order valence-corrected chi connectivity index (χ1v) is 7.27. The van der Waals surface area contributed by atoms with E-state index in [9.17, 15) is 0 Å². The first kappa shape index (κ1) is 13.8. The Morgan fingerprint density at radius 2 is 1.95 bits per heavy atom. The van der Waals surface area contributed by atoms with Crippen LogP contribution in [-0.4, -0.2) is 20.2 Å². The minimum absolute atomic E-state index is 0.681. The number of nitrogen functional groups attached to an aromatic ring is 1. The van der Waals surface area contributed by atoms with E-state index < -0.39 is 0 Å². The van der Waals surface area contributed by atoms with Gasteiger partial charge in [0.05, 0.1) is 5.69 Å². The molecule has 0 aliphatic rings. The van der Waals surface area contributed by atoms with Gasteiger partial charge in [0.15, 0.2) is 5.82 Å². The number of hydrogen-bond donors (Lipinski definition) is 1. The standard InChI is InChI=1S/C15H14BrN5/c1-9-6-7-11(16)8-14(9)21-15(18-19-20-21)12-4-3-5-13(17)10(12)2/h3-8H,17H2,1-2H3. The topological polar surface area (TPSA) is 69.6 Å². The number of halogens is 1. The summed E-state index contributed by atoms with van der Waals surface area (Å²) >= 11 is 3.49. The van der Waals surface area contributed by atoms with Gasteiger partial charge >= 0.3 is 0 Å². The Hall–Kier alpha value is -2.21. The molecule has 0 atom stereocenters. The summed E-state index contributed by atoms with van der Waals surface area (Å²) in [5.74, 6) is 0.681. The lowest BCUT2D eigenvalue weighted by Gasteiger charge is -2.11. The zero-order chi connectivity index (χ0) is 15.0. The van der Waals surface area contributed by atoms with Gasteiger partial charge in [0, 0.05) is 15.7 Å². The second-order valence-corrected chi connectivity index (χ2v) is 5.78. The largest absolute Gasteiger partial charge is 0.398 e. The number of anilines is 1. The van der Waals surface area contributed by atoms with E-state index in [-0.39, 0.29) is 0 Å². The number of nitrogens with zero attached hydrogens (tertiary/aromatic N) is 4. The first-order chi connectivity index (χ1) is 10.1. The molecule has 0 unspecified atom stereocenters. The third-order valence-electron chi connectivity index (χ3n) is 3.49. The average Bonchev–Trinajstić information content (AvgIpc) is 2.93. The van der Waals surface area contributed by atoms with Crippen molar-refractivity contribution in [2.75, 3.05) is 5.73 Å². The van der Waals surface area contributed by atoms with Crippen molar-refractivity contribution < 1.29 is 0 Å². The number of benzene rings is 2. The van der Waals surface area contributed by atoms with Crippen LogP contribution in [0.1, 0.15) is 11.1 Å². The molecule has 2 N–H and O–H groups in total. The molecule has 0 bridgehead atoms. The van der Waals surface area contributed by atoms with Gasteiger partial charge in [-0.1, -0.05) is 34.1 Å². The third kappa shape index (κ3) is 2.42. The molecule has 2 aromatic carbocycles. The third-order valence-corrected chi connectivity index (χ3v) is 3.98. The van der Waals surface area contributed by atoms with Crippen molar-refractivity contribution in [3.8, 4) is 17.1 Å². The Kier molecular flexibility index (Phi) is 3.47. The number of aromatic nitrogens is 4. The number of hydrogen-bond acceptors (Lipinski definition) is 4. The summed E-state index contributed by atoms with van der Waals surface area (Å²) in [4.78, 5) is 0. The molecule has 0 aliphatic carbocycles. The number of tetrazole rings is 1. The monoisotopic (exact) mass is 343 g/mol. The molecule has 0 saturated carbocycles. The Bertz CT molecular complexity index is 793. The molecule has 1 heterocycles. The fraction of sp³-hybridized carbons (Fsp3) is 0.133. The summed E-state index contributed by atoms with van der Waals surface area (Å²) in [5.41, 5.74) is 10.6. The van der Waals surface area contributed by atoms with Crippen LogP contribution < -0.4 is 5.73 Å². The molecule has 106 valence electrons. The molecule has 6 heteroatoms. The maximum Gasteiger partial charge on any atom is 0.187 e. The summed E-state index contributed by atoms with van der Waals surface area (Å²) in [5, 5.41) is 12.1. The van der Waals surface area contributed by atoms with Crippen molar-refractivity contribution in [1.82, 2.24) is 20.2 Å². The van der Waals surface area contributed by atoms with Crippen molar-refractivity contribution in [2.24, 2.45) is 0 Å². The van der Waals surface area contributed by atoms with Gasteiger partial charge in [-0.2, -0.15) is 4.68 Å². The van der Waals surface area contributed by atoms with E-state index in [1.165, 1.54) is 0 Å². The Balaban J connectivity index is 2.22. The molecule has 0 amide bonds. The first-order valence-electron chi connectivity index (χ1n) is 6.48. The molecule has 5 nitrogen and oxygen atoms in total. The normalized spacial score (nSPS) is 10.8. The molecule has 0 spiro atoms. The maximum atomic E-state index is 5.98. The van der Waals surface area contributed by atoms with E-state index in [0.717, 1.165) is 32.5 Å². The Morgan fingerprint density at radius 1 is 1.14 bits per heavy atom. The number of rotatable bonds is 2. The minimum atomic E-state index is 0.681. The average molecular weight is 344 g/mol. The number of aryl methyl sites for hydroxylation is 1. The van der Waals surface area contributed by atoms with E-state index in [1.807, 2.05) is 50.2 Å². The van der Waals surface area contributed by atoms with Crippen LogP contribution in [0.25, 0.3) is 17.1 Å². The van der Waals surface area contributed by atoms with Crippen molar-refractivity contribution in [2.45, 2.75) is 13.8 Å². The quantitative estimate of drug-likeness (QED) is 0.725. The summed E-state index contributed by atoms with van der Waals surface area (Å²) in [7, 11) is 0. The van der Waals surface area contributed by atoms with Gasteiger partial charge in [-0.15, -0.1) is 5.10 Å². The highest BCUT2D eigenvalue weighted by atomic mass is 79.9. The highest BCUT2D eigenvalue weighted by molar-refractivity contribution is 9.10. The number of nitrogens with two attached hydrogens (primary N) is 1. The van der Waals surface area contributed by atoms with Crippen molar-refractivity contribution in [3.63, 3.8) is 0 Å². The van der Waals surface area contributed by atoms with Crippen LogP contribution in [-0.2, 0) is 0 Å². The fourth-order valence-corrected chi connectivity index (χ4v) is 2.57. The van der Waals surface area contributed by atoms with Gasteiger partial charge in [-0.25, -0.2) is 0 Å². The van der Waals surface area contributed by atoms with Crippen LogP contribution in [0.15, 0.2) is 40.9 Å². The zero-order valence-electron chi connectivity index (χ0n) is 11.7. The van der Waals surface area contributed by atoms with Crippen LogP contribution in [0.3, 0.4) is 0 Å². The van der Waals surface area contributed by atoms with Crippen LogP contribution in [0.4, 0.5) is 5.69 Å². The lowest BCUT2D eigenvalue weighted by Crippen LogP contribution is -2.03. The molecule has 21 heavy (non-hydrogen) atoms. The van der Waals surface area contributed by atoms with Gasteiger partial charge < -0.3 is 5.73 Å². The Labute approximate surface area is 130 Å². The van der Waals surface area contributed by atoms with Crippen LogP contribution in [0.2, 0.25) is 0 Å². The second kappa shape index (κ2) is 5.29. The van der Waals surface area contributed by atoms with E-state index >= 15 is 0 Å². The lowest BCUT2D eigenvalue weighted by atomic mass is 10.1. The summed E-state index contributed by atoms with van der Waals surface area (Å²) in [6, 6.07) is 11.8. The highest BCUT2D eigenvalue weighted by Crippen LogP contribution is 2.28. The predicted octanol–water partition coefficient (Wildman–Crippen LogP) is 3.29. The summed E-state index contributed by atoms with van der Waals surface area (Å²) in [6.45, 7) is 4.00. The lowest BCUT2D eigenvalue weighted by molar-refractivity contribution is 0.787. The van der Waals surface area contributed by atoms with Gasteiger partial charge in [0.25, 0.3) is 0 Å². The van der Waals surface area contributed by atoms with E-state index in [0.29, 0.717) is 5.82 Å². The molecule has 0 saturated heterocycles. The smallest absolute Gasteiger partial charge is 0.187 e. The Morgan fingerprint density at radius 3 is 2.76 bits per heavy atom. The zero-order valence-corrected chi connectivity index (χ0v) is 13.3. The van der Waals surface area contributed by atoms with Crippen LogP contribution in [0, 0.1) is 13.8 Å². The molecule has 3 rings (SSSR count). The molecule has 0 aliphatic heterocycles. The van der Waals surface area contributed by atoms with Crippen molar-refractivity contribution in [3.05, 3.63) is 52.0 Å². The minimum Gasteiger partial charge on any atom is -0.398 e. The van der Waals surface area contributed by atoms with Gasteiger partial charge in [0.2, 0.25) is 0 Å². The highest BCUT2D eigenvalue weighted by Gasteiger charge is 2.15. The molecule has 1 aromatic heterocycles. The maximum absolute atomic E-state index is 5.98. The fourth-order valence-electron chi connectivity index (χ4n) is 2.22. The van der Waals surface area contributed by atoms with E-state index in [1.54, 1.807) is 4.68 Å². The van der Waals surface area contributed by atoms with E-state index in [2.05, 4.69) is 31.5 Å². The molecular formula is C15H14BrN5. The molecule has 0 fully saturated rings. The van der Waals surface area contributed by atoms with Gasteiger partial charge in [-0.3, -0.25) is 0 Å². The molecular weight excluding hydrogens is 330 g/mol.